The number of nitrogens with one attached hydrogen (secondary N) is 2. The lowest BCUT2D eigenvalue weighted by Crippen LogP contribution is -2.52. The Hall–Kier alpha value is -0.570. The van der Waals surface area contributed by atoms with Gasteiger partial charge in [0.1, 0.15) is 0 Å². The molecule has 2 rings (SSSR count). The summed E-state index contributed by atoms with van der Waals surface area (Å²) in [5.41, 5.74) is 0.311. The quantitative estimate of drug-likeness (QED) is 0.763. The van der Waals surface area contributed by atoms with Crippen LogP contribution in [0.15, 0.2) is 0 Å². The van der Waals surface area contributed by atoms with Gasteiger partial charge in [0, 0.05) is 19.0 Å². The molecule has 2 N–H and O–H groups in total. The molecule has 0 bridgehead atoms. The molecule has 1 unspecified atom stereocenters. The number of carbonyl (C=O) groups excluding carboxylic acids is 1. The highest BCUT2D eigenvalue weighted by atomic mass is 16.1. The molecule has 0 radical (unpaired) electrons. The minimum atomic E-state index is 0.241. The first kappa shape index (κ1) is 11.9. The second kappa shape index (κ2) is 4.74. The number of piperidine rings is 1. The smallest absolute Gasteiger partial charge is 0.220 e. The number of hydrogen-bond acceptors (Lipinski definition) is 2. The third-order valence-electron chi connectivity index (χ3n) is 4.01. The molecule has 1 heterocycles. The monoisotopic (exact) mass is 224 g/mol. The summed E-state index contributed by atoms with van der Waals surface area (Å²) >= 11 is 0. The Bertz CT molecular complexity index is 259. The van der Waals surface area contributed by atoms with Crippen LogP contribution in [0, 0.1) is 11.3 Å². The fraction of sp³-hybridized carbons (Fsp3) is 0.923. The van der Waals surface area contributed by atoms with Crippen LogP contribution < -0.4 is 10.6 Å². The van der Waals surface area contributed by atoms with Crippen LogP contribution in [0.1, 0.15) is 46.0 Å². The zero-order valence-electron chi connectivity index (χ0n) is 10.5. The normalized spacial score (nSPS) is 28.8. The molecule has 0 aromatic rings. The van der Waals surface area contributed by atoms with Crippen molar-refractivity contribution in [3.8, 4) is 0 Å². The van der Waals surface area contributed by atoms with Gasteiger partial charge >= 0.3 is 0 Å². The predicted octanol–water partition coefficient (Wildman–Crippen LogP) is 1.68. The number of hydrogen-bond donors (Lipinski definition) is 2. The van der Waals surface area contributed by atoms with Gasteiger partial charge in [0.2, 0.25) is 5.91 Å². The standard InChI is InChI=1S/C13H24N2O/c1-13(2)6-3-7-14-11(13)9-15-12(16)8-10-4-5-10/h10-11,14H,3-9H2,1-2H3,(H,15,16). The summed E-state index contributed by atoms with van der Waals surface area (Å²) < 4.78 is 0. The molecule has 3 nitrogen and oxygen atoms in total. The van der Waals surface area contributed by atoms with Gasteiger partial charge in [0.25, 0.3) is 0 Å². The van der Waals surface area contributed by atoms with Gasteiger partial charge in [-0.2, -0.15) is 0 Å². The van der Waals surface area contributed by atoms with Crippen LogP contribution in [0.25, 0.3) is 0 Å². The molecule has 1 saturated carbocycles. The SMILES string of the molecule is CC1(C)CCCNC1CNC(=O)CC1CC1. The van der Waals surface area contributed by atoms with E-state index in [1.807, 2.05) is 0 Å². The molecule has 92 valence electrons. The molecule has 1 amide bonds. The van der Waals surface area contributed by atoms with E-state index in [2.05, 4.69) is 24.5 Å². The molecule has 0 aromatic carbocycles. The van der Waals surface area contributed by atoms with Crippen molar-refractivity contribution in [2.75, 3.05) is 13.1 Å². The van der Waals surface area contributed by atoms with Crippen molar-refractivity contribution in [2.45, 2.75) is 52.0 Å². The molecule has 1 aliphatic carbocycles. The maximum Gasteiger partial charge on any atom is 0.220 e. The number of carbonyl (C=O) groups is 1. The van der Waals surface area contributed by atoms with E-state index in [0.717, 1.165) is 19.5 Å². The van der Waals surface area contributed by atoms with E-state index in [-0.39, 0.29) is 5.91 Å². The molecule has 1 aliphatic heterocycles. The minimum absolute atomic E-state index is 0.241. The molecular weight excluding hydrogens is 200 g/mol. The Balaban J connectivity index is 1.72. The van der Waals surface area contributed by atoms with Crippen molar-refractivity contribution in [3.05, 3.63) is 0 Å². The maximum atomic E-state index is 11.6. The highest BCUT2D eigenvalue weighted by Crippen LogP contribution is 2.32. The molecule has 2 aliphatic rings. The van der Waals surface area contributed by atoms with Gasteiger partial charge in [-0.05, 0) is 43.6 Å². The Morgan fingerprint density at radius 2 is 2.19 bits per heavy atom. The molecule has 16 heavy (non-hydrogen) atoms. The van der Waals surface area contributed by atoms with Crippen LogP contribution in [0.4, 0.5) is 0 Å². The van der Waals surface area contributed by atoms with Gasteiger partial charge in [-0.1, -0.05) is 13.8 Å². The van der Waals surface area contributed by atoms with E-state index in [0.29, 0.717) is 17.4 Å². The molecule has 0 aromatic heterocycles. The van der Waals surface area contributed by atoms with Crippen LogP contribution in [-0.4, -0.2) is 25.0 Å². The summed E-state index contributed by atoms with van der Waals surface area (Å²) in [4.78, 5) is 11.6. The molecule has 0 spiro atoms. The first-order valence-electron chi connectivity index (χ1n) is 6.58. The molecule has 1 atom stereocenters. The molecular formula is C13H24N2O. The third-order valence-corrected chi connectivity index (χ3v) is 4.01. The Labute approximate surface area is 98.4 Å². The Morgan fingerprint density at radius 1 is 1.44 bits per heavy atom. The van der Waals surface area contributed by atoms with Crippen molar-refractivity contribution in [3.63, 3.8) is 0 Å². The number of rotatable bonds is 4. The van der Waals surface area contributed by atoms with E-state index in [4.69, 9.17) is 0 Å². The van der Waals surface area contributed by atoms with Crippen LogP contribution in [-0.2, 0) is 4.79 Å². The lowest BCUT2D eigenvalue weighted by atomic mass is 9.77. The van der Waals surface area contributed by atoms with Gasteiger partial charge in [-0.15, -0.1) is 0 Å². The first-order chi connectivity index (χ1) is 7.58. The summed E-state index contributed by atoms with van der Waals surface area (Å²) in [6.45, 7) is 6.46. The summed E-state index contributed by atoms with van der Waals surface area (Å²) in [6, 6.07) is 0.435. The fourth-order valence-corrected chi connectivity index (χ4v) is 2.49. The van der Waals surface area contributed by atoms with Gasteiger partial charge in [-0.3, -0.25) is 4.79 Å². The van der Waals surface area contributed by atoms with Crippen molar-refractivity contribution < 1.29 is 4.79 Å². The average molecular weight is 224 g/mol. The number of amides is 1. The van der Waals surface area contributed by atoms with Gasteiger partial charge in [-0.25, -0.2) is 0 Å². The average Bonchev–Trinajstić information content (AvgIpc) is 2.99. The second-order valence-corrected chi connectivity index (χ2v) is 6.05. The highest BCUT2D eigenvalue weighted by molar-refractivity contribution is 5.76. The van der Waals surface area contributed by atoms with Gasteiger partial charge in [0.15, 0.2) is 0 Å². The largest absolute Gasteiger partial charge is 0.355 e. The van der Waals surface area contributed by atoms with Crippen LogP contribution in [0.3, 0.4) is 0 Å². The first-order valence-corrected chi connectivity index (χ1v) is 6.58. The van der Waals surface area contributed by atoms with Crippen molar-refractivity contribution in [2.24, 2.45) is 11.3 Å². The van der Waals surface area contributed by atoms with Crippen molar-refractivity contribution >= 4 is 5.91 Å². The van der Waals surface area contributed by atoms with Crippen LogP contribution >= 0.6 is 0 Å². The molecule has 2 fully saturated rings. The third kappa shape index (κ3) is 3.21. The summed E-state index contributed by atoms with van der Waals surface area (Å²) in [6.07, 6.45) is 5.75. The topological polar surface area (TPSA) is 41.1 Å². The second-order valence-electron chi connectivity index (χ2n) is 6.05. The highest BCUT2D eigenvalue weighted by Gasteiger charge is 2.32. The Morgan fingerprint density at radius 3 is 2.81 bits per heavy atom. The van der Waals surface area contributed by atoms with Gasteiger partial charge in [0.05, 0.1) is 0 Å². The lowest BCUT2D eigenvalue weighted by molar-refractivity contribution is -0.121. The van der Waals surface area contributed by atoms with E-state index in [1.54, 1.807) is 0 Å². The van der Waals surface area contributed by atoms with Crippen molar-refractivity contribution in [1.82, 2.24) is 10.6 Å². The zero-order chi connectivity index (χ0) is 11.6. The minimum Gasteiger partial charge on any atom is -0.355 e. The zero-order valence-corrected chi connectivity index (χ0v) is 10.5. The summed E-state index contributed by atoms with van der Waals surface area (Å²) in [7, 11) is 0. The summed E-state index contributed by atoms with van der Waals surface area (Å²) in [5, 5.41) is 6.60. The van der Waals surface area contributed by atoms with E-state index < -0.39 is 0 Å². The molecule has 1 saturated heterocycles. The van der Waals surface area contributed by atoms with Crippen molar-refractivity contribution in [1.29, 1.82) is 0 Å². The van der Waals surface area contributed by atoms with Crippen LogP contribution in [0.2, 0.25) is 0 Å². The Kier molecular flexibility index (Phi) is 3.53. The van der Waals surface area contributed by atoms with E-state index in [1.165, 1.54) is 25.7 Å². The summed E-state index contributed by atoms with van der Waals surface area (Å²) in [5.74, 6) is 0.929. The van der Waals surface area contributed by atoms with Gasteiger partial charge < -0.3 is 10.6 Å². The van der Waals surface area contributed by atoms with E-state index in [9.17, 15) is 4.79 Å². The van der Waals surface area contributed by atoms with Crippen LogP contribution in [0.5, 0.6) is 0 Å². The molecule has 3 heteroatoms. The lowest BCUT2D eigenvalue weighted by Gasteiger charge is -2.39. The maximum absolute atomic E-state index is 11.6. The van der Waals surface area contributed by atoms with E-state index >= 15 is 0 Å². The fourth-order valence-electron chi connectivity index (χ4n) is 2.49. The predicted molar refractivity (Wildman–Crippen MR) is 65.2 cm³/mol.